The molecular weight excluding hydrogens is 336 g/mol. The van der Waals surface area contributed by atoms with Crippen LogP contribution in [0.4, 0.5) is 11.4 Å². The highest BCUT2D eigenvalue weighted by atomic mass is 16.6. The summed E-state index contributed by atoms with van der Waals surface area (Å²) in [6.07, 6.45) is 4.41. The van der Waals surface area contributed by atoms with Gasteiger partial charge in [0.1, 0.15) is 6.20 Å². The number of nitro groups is 1. The molecule has 0 radical (unpaired) electrons. The fraction of sp³-hybridized carbons (Fsp3) is 0.235. The molecule has 0 aliphatic carbocycles. The number of hydrogen-bond donors (Lipinski definition) is 1. The number of hydrogen-bond acceptors (Lipinski definition) is 5. The van der Waals surface area contributed by atoms with Crippen molar-refractivity contribution in [1.82, 2.24) is 19.6 Å². The molecule has 0 bridgehead atoms. The predicted molar refractivity (Wildman–Crippen MR) is 95.0 cm³/mol. The second-order valence-electron chi connectivity index (χ2n) is 5.85. The second-order valence-corrected chi connectivity index (χ2v) is 5.85. The van der Waals surface area contributed by atoms with E-state index in [0.29, 0.717) is 18.8 Å². The van der Waals surface area contributed by atoms with E-state index < -0.39 is 10.8 Å². The van der Waals surface area contributed by atoms with E-state index in [4.69, 9.17) is 0 Å². The molecule has 3 aromatic rings. The van der Waals surface area contributed by atoms with Gasteiger partial charge in [0, 0.05) is 12.7 Å². The number of amides is 1. The van der Waals surface area contributed by atoms with Gasteiger partial charge in [-0.2, -0.15) is 10.2 Å². The Balaban J connectivity index is 1.74. The van der Waals surface area contributed by atoms with E-state index in [2.05, 4.69) is 21.6 Å². The van der Waals surface area contributed by atoms with Crippen molar-refractivity contribution >= 4 is 17.3 Å². The molecule has 0 spiro atoms. The van der Waals surface area contributed by atoms with Gasteiger partial charge in [-0.1, -0.05) is 29.8 Å². The van der Waals surface area contributed by atoms with Crippen molar-refractivity contribution in [3.8, 4) is 0 Å². The van der Waals surface area contributed by atoms with E-state index >= 15 is 0 Å². The van der Waals surface area contributed by atoms with Crippen molar-refractivity contribution in [3.63, 3.8) is 0 Å². The molecule has 3 rings (SSSR count). The fourth-order valence-corrected chi connectivity index (χ4v) is 2.57. The molecule has 1 N–H and O–H groups in total. The third kappa shape index (κ3) is 3.77. The van der Waals surface area contributed by atoms with Gasteiger partial charge in [0.25, 0.3) is 5.91 Å². The van der Waals surface area contributed by atoms with Crippen molar-refractivity contribution in [2.45, 2.75) is 26.9 Å². The lowest BCUT2D eigenvalue weighted by atomic mass is 10.1. The highest BCUT2D eigenvalue weighted by Crippen LogP contribution is 2.18. The third-order valence-electron chi connectivity index (χ3n) is 3.80. The smallest absolute Gasteiger partial charge is 0.318 e. The Labute approximate surface area is 149 Å². The molecule has 0 saturated carbocycles. The van der Waals surface area contributed by atoms with Crippen LogP contribution in [0.3, 0.4) is 0 Å². The molecule has 1 aromatic carbocycles. The minimum Gasteiger partial charge on any atom is -0.318 e. The molecule has 26 heavy (non-hydrogen) atoms. The van der Waals surface area contributed by atoms with Crippen LogP contribution in [-0.2, 0) is 13.1 Å². The average Bonchev–Trinajstić information content (AvgIpc) is 3.21. The lowest BCUT2D eigenvalue weighted by Gasteiger charge is -2.03. The van der Waals surface area contributed by atoms with Crippen LogP contribution >= 0.6 is 0 Å². The number of benzene rings is 1. The van der Waals surface area contributed by atoms with Crippen molar-refractivity contribution in [2.75, 3.05) is 5.32 Å². The highest BCUT2D eigenvalue weighted by molar-refractivity contribution is 6.05. The van der Waals surface area contributed by atoms with Crippen LogP contribution in [0.1, 0.15) is 28.5 Å². The Bertz CT molecular complexity index is 959. The summed E-state index contributed by atoms with van der Waals surface area (Å²) in [5, 5.41) is 21.9. The molecule has 0 unspecified atom stereocenters. The number of carbonyl (C=O) groups excluding carboxylic acids is 1. The number of nitrogens with one attached hydrogen (secondary N) is 1. The number of aryl methyl sites for hydroxylation is 2. The highest BCUT2D eigenvalue weighted by Gasteiger charge is 2.25. The molecule has 2 heterocycles. The van der Waals surface area contributed by atoms with Crippen LogP contribution in [0.5, 0.6) is 0 Å². The molecule has 134 valence electrons. The molecule has 9 nitrogen and oxygen atoms in total. The molecule has 1 amide bonds. The first-order valence-electron chi connectivity index (χ1n) is 8.07. The van der Waals surface area contributed by atoms with E-state index in [0.717, 1.165) is 11.1 Å². The molecule has 0 aliphatic rings. The minimum atomic E-state index is -0.640. The maximum absolute atomic E-state index is 12.4. The zero-order chi connectivity index (χ0) is 18.7. The lowest BCUT2D eigenvalue weighted by molar-refractivity contribution is -0.385. The average molecular weight is 354 g/mol. The van der Waals surface area contributed by atoms with Crippen LogP contribution in [0.25, 0.3) is 0 Å². The van der Waals surface area contributed by atoms with Gasteiger partial charge < -0.3 is 5.32 Å². The Morgan fingerprint density at radius 3 is 2.81 bits per heavy atom. The standard InChI is InChI=1S/C17H18N6O3/c1-3-21-11-15(23(25)26)16(20-21)17(24)19-14-8-18-22(10-14)9-13-6-4-5-12(2)7-13/h4-8,10-11H,3,9H2,1-2H3,(H,19,24). The monoisotopic (exact) mass is 354 g/mol. The summed E-state index contributed by atoms with van der Waals surface area (Å²) in [5.41, 5.74) is 2.15. The molecule has 0 aliphatic heterocycles. The molecule has 0 fully saturated rings. The van der Waals surface area contributed by atoms with E-state index in [1.165, 1.54) is 17.1 Å². The quantitative estimate of drug-likeness (QED) is 0.541. The number of carbonyl (C=O) groups is 1. The molecular formula is C17H18N6O3. The Hall–Kier alpha value is -3.49. The summed E-state index contributed by atoms with van der Waals surface area (Å²) in [4.78, 5) is 22.8. The Morgan fingerprint density at radius 1 is 1.31 bits per heavy atom. The number of nitrogens with zero attached hydrogens (tertiary/aromatic N) is 5. The summed E-state index contributed by atoms with van der Waals surface area (Å²) < 4.78 is 3.04. The van der Waals surface area contributed by atoms with Gasteiger partial charge in [0.05, 0.1) is 23.4 Å². The van der Waals surface area contributed by atoms with Crippen molar-refractivity contribution in [2.24, 2.45) is 0 Å². The van der Waals surface area contributed by atoms with Gasteiger partial charge in [0.15, 0.2) is 0 Å². The topological polar surface area (TPSA) is 108 Å². The van der Waals surface area contributed by atoms with Crippen LogP contribution < -0.4 is 5.32 Å². The van der Waals surface area contributed by atoms with Gasteiger partial charge >= 0.3 is 5.69 Å². The van der Waals surface area contributed by atoms with Crippen molar-refractivity contribution in [3.05, 3.63) is 69.8 Å². The lowest BCUT2D eigenvalue weighted by Crippen LogP contribution is -2.14. The van der Waals surface area contributed by atoms with Crippen LogP contribution in [0.2, 0.25) is 0 Å². The fourth-order valence-electron chi connectivity index (χ4n) is 2.57. The summed E-state index contributed by atoms with van der Waals surface area (Å²) in [6, 6.07) is 8.04. The molecule has 2 aromatic heterocycles. The third-order valence-corrected chi connectivity index (χ3v) is 3.80. The maximum atomic E-state index is 12.4. The first-order valence-corrected chi connectivity index (χ1v) is 8.07. The van der Waals surface area contributed by atoms with Gasteiger partial charge in [-0.3, -0.25) is 24.3 Å². The number of aromatic nitrogens is 4. The van der Waals surface area contributed by atoms with E-state index in [9.17, 15) is 14.9 Å². The summed E-state index contributed by atoms with van der Waals surface area (Å²) in [7, 11) is 0. The van der Waals surface area contributed by atoms with Gasteiger partial charge in [0.2, 0.25) is 5.69 Å². The van der Waals surface area contributed by atoms with Gasteiger partial charge in [-0.05, 0) is 19.4 Å². The van der Waals surface area contributed by atoms with E-state index in [1.54, 1.807) is 17.8 Å². The molecule has 0 saturated heterocycles. The Kier molecular flexibility index (Phi) is 4.78. The van der Waals surface area contributed by atoms with Crippen LogP contribution in [0.15, 0.2) is 42.9 Å². The zero-order valence-electron chi connectivity index (χ0n) is 14.4. The normalized spacial score (nSPS) is 10.7. The van der Waals surface area contributed by atoms with Gasteiger partial charge in [-0.25, -0.2) is 0 Å². The minimum absolute atomic E-state index is 0.219. The van der Waals surface area contributed by atoms with Crippen LogP contribution in [0, 0.1) is 17.0 Å². The van der Waals surface area contributed by atoms with E-state index in [-0.39, 0.29) is 11.4 Å². The predicted octanol–water partition coefficient (Wildman–Crippen LogP) is 2.62. The first kappa shape index (κ1) is 17.3. The maximum Gasteiger partial charge on any atom is 0.320 e. The van der Waals surface area contributed by atoms with E-state index in [1.807, 2.05) is 25.1 Å². The summed E-state index contributed by atoms with van der Waals surface area (Å²) >= 11 is 0. The largest absolute Gasteiger partial charge is 0.320 e. The van der Waals surface area contributed by atoms with Crippen molar-refractivity contribution < 1.29 is 9.72 Å². The number of rotatable bonds is 6. The Morgan fingerprint density at radius 2 is 2.12 bits per heavy atom. The molecule has 0 atom stereocenters. The first-order chi connectivity index (χ1) is 12.5. The summed E-state index contributed by atoms with van der Waals surface area (Å²) in [5.74, 6) is -0.640. The van der Waals surface area contributed by atoms with Crippen LogP contribution in [-0.4, -0.2) is 30.4 Å². The second kappa shape index (κ2) is 7.18. The van der Waals surface area contributed by atoms with Gasteiger partial charge in [-0.15, -0.1) is 0 Å². The zero-order valence-corrected chi connectivity index (χ0v) is 14.4. The van der Waals surface area contributed by atoms with Crippen molar-refractivity contribution in [1.29, 1.82) is 0 Å². The number of anilines is 1. The summed E-state index contributed by atoms with van der Waals surface area (Å²) in [6.45, 7) is 4.79. The SMILES string of the molecule is CCn1cc([N+](=O)[O-])c(C(=O)Nc2cnn(Cc3cccc(C)c3)c2)n1. The molecule has 9 heteroatoms.